The molecule has 1 aromatic carbocycles. The van der Waals surface area contributed by atoms with Crippen LogP contribution in [-0.4, -0.2) is 15.6 Å². The Morgan fingerprint density at radius 1 is 1.26 bits per heavy atom. The zero-order valence-corrected chi connectivity index (χ0v) is 11.1. The Bertz CT molecular complexity index is 629. The van der Waals surface area contributed by atoms with Gasteiger partial charge in [-0.25, -0.2) is 9.18 Å². The van der Waals surface area contributed by atoms with Gasteiger partial charge in [0.25, 0.3) is 0 Å². The third-order valence-electron chi connectivity index (χ3n) is 3.12. The van der Waals surface area contributed by atoms with Crippen molar-refractivity contribution in [3.05, 3.63) is 47.4 Å². The molecule has 3 nitrogen and oxygen atoms in total. The van der Waals surface area contributed by atoms with Crippen molar-refractivity contribution in [3.63, 3.8) is 0 Å². The third kappa shape index (κ3) is 2.38. The van der Waals surface area contributed by atoms with Gasteiger partial charge in [0.05, 0.1) is 0 Å². The molecular formula is C15H16FNO2. The highest BCUT2D eigenvalue weighted by Gasteiger charge is 2.18. The Morgan fingerprint density at radius 2 is 1.95 bits per heavy atom. The fourth-order valence-electron chi connectivity index (χ4n) is 2.31. The minimum Gasteiger partial charge on any atom is -0.477 e. The van der Waals surface area contributed by atoms with E-state index >= 15 is 0 Å². The number of benzene rings is 1. The van der Waals surface area contributed by atoms with Crippen LogP contribution in [0.2, 0.25) is 0 Å². The van der Waals surface area contributed by atoms with Gasteiger partial charge in [0.15, 0.2) is 0 Å². The van der Waals surface area contributed by atoms with Gasteiger partial charge >= 0.3 is 5.97 Å². The van der Waals surface area contributed by atoms with E-state index in [1.165, 1.54) is 12.1 Å². The van der Waals surface area contributed by atoms with Crippen molar-refractivity contribution in [2.75, 3.05) is 0 Å². The molecule has 2 rings (SSSR count). The molecule has 0 saturated carbocycles. The maximum Gasteiger partial charge on any atom is 0.352 e. The molecule has 0 spiro atoms. The maximum atomic E-state index is 13.2. The highest BCUT2D eigenvalue weighted by Crippen LogP contribution is 2.29. The van der Waals surface area contributed by atoms with E-state index in [0.717, 1.165) is 16.8 Å². The predicted octanol–water partition coefficient (Wildman–Crippen LogP) is 3.88. The molecule has 0 aliphatic heterocycles. The molecule has 4 heteroatoms. The van der Waals surface area contributed by atoms with Crippen LogP contribution in [0.3, 0.4) is 0 Å². The first-order valence-corrected chi connectivity index (χ1v) is 6.13. The number of nitrogens with zero attached hydrogens (tertiary/aromatic N) is 1. The van der Waals surface area contributed by atoms with E-state index < -0.39 is 5.97 Å². The second-order valence-corrected chi connectivity index (χ2v) is 4.83. The maximum absolute atomic E-state index is 13.2. The summed E-state index contributed by atoms with van der Waals surface area (Å²) in [4.78, 5) is 11.2. The van der Waals surface area contributed by atoms with Crippen LogP contribution < -0.4 is 0 Å². The molecule has 0 aliphatic carbocycles. The lowest BCUT2D eigenvalue weighted by Gasteiger charge is -2.17. The SMILES string of the molecule is Cc1cc(F)ccc1-c1ccc(C(=O)O)n1C(C)C. The zero-order valence-electron chi connectivity index (χ0n) is 11.1. The number of carboxylic acid groups (broad SMARTS) is 1. The lowest BCUT2D eigenvalue weighted by atomic mass is 10.1. The topological polar surface area (TPSA) is 42.2 Å². The summed E-state index contributed by atoms with van der Waals surface area (Å²) in [6.45, 7) is 5.67. The van der Waals surface area contributed by atoms with E-state index in [4.69, 9.17) is 0 Å². The molecule has 0 aliphatic rings. The lowest BCUT2D eigenvalue weighted by molar-refractivity contribution is 0.0683. The second-order valence-electron chi connectivity index (χ2n) is 4.83. The van der Waals surface area contributed by atoms with Crippen molar-refractivity contribution in [3.8, 4) is 11.3 Å². The average Bonchev–Trinajstić information content (AvgIpc) is 2.73. The minimum absolute atomic E-state index is 0.0144. The minimum atomic E-state index is -0.959. The van der Waals surface area contributed by atoms with Crippen molar-refractivity contribution < 1.29 is 14.3 Å². The summed E-state index contributed by atoms with van der Waals surface area (Å²) in [5.41, 5.74) is 2.68. The number of aromatic nitrogens is 1. The summed E-state index contributed by atoms with van der Waals surface area (Å²) < 4.78 is 14.9. The number of carboxylic acids is 1. The number of hydrogen-bond donors (Lipinski definition) is 1. The van der Waals surface area contributed by atoms with Crippen molar-refractivity contribution >= 4 is 5.97 Å². The molecule has 0 amide bonds. The summed E-state index contributed by atoms with van der Waals surface area (Å²) in [7, 11) is 0. The fourth-order valence-corrected chi connectivity index (χ4v) is 2.31. The van der Waals surface area contributed by atoms with Crippen LogP contribution >= 0.6 is 0 Å². The van der Waals surface area contributed by atoms with Crippen molar-refractivity contribution in [2.45, 2.75) is 26.8 Å². The van der Waals surface area contributed by atoms with Crippen LogP contribution in [0.25, 0.3) is 11.3 Å². The van der Waals surface area contributed by atoms with Crippen LogP contribution in [0.1, 0.15) is 35.9 Å². The summed E-state index contributed by atoms with van der Waals surface area (Å²) in [6.07, 6.45) is 0. The molecule has 0 fully saturated rings. The average molecular weight is 261 g/mol. The fraction of sp³-hybridized carbons (Fsp3) is 0.267. The Kier molecular flexibility index (Phi) is 3.42. The van der Waals surface area contributed by atoms with E-state index in [-0.39, 0.29) is 17.6 Å². The van der Waals surface area contributed by atoms with Crippen LogP contribution in [0, 0.1) is 12.7 Å². The van der Waals surface area contributed by atoms with Gasteiger partial charge < -0.3 is 9.67 Å². The second kappa shape index (κ2) is 4.88. The summed E-state index contributed by atoms with van der Waals surface area (Å²) in [5.74, 6) is -1.25. The van der Waals surface area contributed by atoms with E-state index in [1.54, 1.807) is 22.8 Å². The van der Waals surface area contributed by atoms with Gasteiger partial charge in [-0.3, -0.25) is 0 Å². The first-order chi connectivity index (χ1) is 8.91. The Balaban J connectivity index is 2.65. The molecule has 100 valence electrons. The van der Waals surface area contributed by atoms with E-state index in [1.807, 2.05) is 20.8 Å². The van der Waals surface area contributed by atoms with E-state index in [9.17, 15) is 14.3 Å². The normalized spacial score (nSPS) is 11.0. The summed E-state index contributed by atoms with van der Waals surface area (Å²) in [6, 6.07) is 7.89. The summed E-state index contributed by atoms with van der Waals surface area (Å²) >= 11 is 0. The smallest absolute Gasteiger partial charge is 0.352 e. The molecule has 19 heavy (non-hydrogen) atoms. The van der Waals surface area contributed by atoms with Gasteiger partial charge in [0.2, 0.25) is 0 Å². The molecular weight excluding hydrogens is 245 g/mol. The van der Waals surface area contributed by atoms with Gasteiger partial charge in [-0.15, -0.1) is 0 Å². The number of rotatable bonds is 3. The molecule has 1 aromatic heterocycles. The van der Waals surface area contributed by atoms with E-state index in [0.29, 0.717) is 0 Å². The van der Waals surface area contributed by atoms with Gasteiger partial charge in [-0.05, 0) is 56.7 Å². The Hall–Kier alpha value is -2.10. The highest BCUT2D eigenvalue weighted by atomic mass is 19.1. The zero-order chi connectivity index (χ0) is 14.2. The standard InChI is InChI=1S/C15H16FNO2/c1-9(2)17-13(6-7-14(17)15(18)19)12-5-4-11(16)8-10(12)3/h4-9H,1-3H3,(H,18,19). The van der Waals surface area contributed by atoms with Crippen molar-refractivity contribution in [2.24, 2.45) is 0 Å². The van der Waals surface area contributed by atoms with Crippen molar-refractivity contribution in [1.29, 1.82) is 0 Å². The molecule has 0 atom stereocenters. The number of aryl methyl sites for hydroxylation is 1. The van der Waals surface area contributed by atoms with Gasteiger partial charge in [-0.2, -0.15) is 0 Å². The van der Waals surface area contributed by atoms with Crippen LogP contribution in [0.5, 0.6) is 0 Å². The van der Waals surface area contributed by atoms with Crippen molar-refractivity contribution in [1.82, 2.24) is 4.57 Å². The molecule has 0 bridgehead atoms. The lowest BCUT2D eigenvalue weighted by Crippen LogP contribution is -2.11. The number of aromatic carboxylic acids is 1. The third-order valence-corrected chi connectivity index (χ3v) is 3.12. The molecule has 0 unspecified atom stereocenters. The van der Waals surface area contributed by atoms with Gasteiger partial charge in [0.1, 0.15) is 11.5 Å². The molecule has 1 heterocycles. The quantitative estimate of drug-likeness (QED) is 0.911. The first kappa shape index (κ1) is 13.3. The van der Waals surface area contributed by atoms with Gasteiger partial charge in [-0.1, -0.05) is 0 Å². The monoisotopic (exact) mass is 261 g/mol. The highest BCUT2D eigenvalue weighted by molar-refractivity contribution is 5.87. The first-order valence-electron chi connectivity index (χ1n) is 6.13. The molecule has 0 saturated heterocycles. The van der Waals surface area contributed by atoms with Crippen LogP contribution in [-0.2, 0) is 0 Å². The Labute approximate surface area is 111 Å². The van der Waals surface area contributed by atoms with Gasteiger partial charge in [0, 0.05) is 17.3 Å². The molecule has 2 aromatic rings. The number of hydrogen-bond acceptors (Lipinski definition) is 1. The Morgan fingerprint density at radius 3 is 2.47 bits per heavy atom. The van der Waals surface area contributed by atoms with E-state index in [2.05, 4.69) is 0 Å². The number of halogens is 1. The van der Waals surface area contributed by atoms with Crippen LogP contribution in [0.4, 0.5) is 4.39 Å². The predicted molar refractivity (Wildman–Crippen MR) is 71.9 cm³/mol. The summed E-state index contributed by atoms with van der Waals surface area (Å²) in [5, 5.41) is 9.21. The largest absolute Gasteiger partial charge is 0.477 e. The molecule has 1 N–H and O–H groups in total. The molecule has 0 radical (unpaired) electrons. The number of carbonyl (C=O) groups is 1. The van der Waals surface area contributed by atoms with Crippen LogP contribution in [0.15, 0.2) is 30.3 Å².